The van der Waals surface area contributed by atoms with Gasteiger partial charge in [-0.15, -0.1) is 0 Å². The molecular weight excluding hydrogens is 510 g/mol. The number of nitrogens with zero attached hydrogens (tertiary/aromatic N) is 2. The van der Waals surface area contributed by atoms with Crippen molar-refractivity contribution in [3.8, 4) is 0 Å². The maximum absolute atomic E-state index is 13.7. The summed E-state index contributed by atoms with van der Waals surface area (Å²) >= 11 is 6.03. The predicted molar refractivity (Wildman–Crippen MR) is 147 cm³/mol. The second-order valence-corrected chi connectivity index (χ2v) is 10.9. The smallest absolute Gasteiger partial charge is 0.264 e. The number of carbonyl (C=O) groups is 2. The number of hydrogen-bond acceptors (Lipinski definition) is 4. The van der Waals surface area contributed by atoms with E-state index >= 15 is 0 Å². The number of anilines is 1. The molecule has 1 N–H and O–H groups in total. The predicted octanol–water partition coefficient (Wildman–Crippen LogP) is 4.52. The molecule has 0 heterocycles. The Bertz CT molecular complexity index is 1270. The van der Waals surface area contributed by atoms with Gasteiger partial charge in [-0.25, -0.2) is 8.42 Å². The van der Waals surface area contributed by atoms with E-state index in [9.17, 15) is 18.0 Å². The highest BCUT2D eigenvalue weighted by Gasteiger charge is 2.32. The minimum Gasteiger partial charge on any atom is -0.354 e. The third kappa shape index (κ3) is 7.57. The van der Waals surface area contributed by atoms with E-state index in [0.29, 0.717) is 23.7 Å². The normalized spacial score (nSPS) is 12.0. The number of rotatable bonds is 12. The van der Waals surface area contributed by atoms with Crippen LogP contribution in [-0.4, -0.2) is 50.8 Å². The number of carbonyl (C=O) groups excluding carboxylic acids is 2. The van der Waals surface area contributed by atoms with Crippen LogP contribution >= 0.6 is 11.6 Å². The van der Waals surface area contributed by atoms with Crippen LogP contribution in [0.2, 0.25) is 5.02 Å². The highest BCUT2D eigenvalue weighted by Crippen LogP contribution is 2.25. The zero-order valence-electron chi connectivity index (χ0n) is 21.0. The molecule has 3 aromatic carbocycles. The Hall–Kier alpha value is -3.36. The molecule has 0 saturated heterocycles. The van der Waals surface area contributed by atoms with Gasteiger partial charge in [0, 0.05) is 18.1 Å². The lowest BCUT2D eigenvalue weighted by Gasteiger charge is -2.32. The Labute approximate surface area is 224 Å². The van der Waals surface area contributed by atoms with Gasteiger partial charge in [-0.2, -0.15) is 0 Å². The summed E-state index contributed by atoms with van der Waals surface area (Å²) in [5, 5.41) is 3.28. The number of nitrogens with one attached hydrogen (secondary N) is 1. The van der Waals surface area contributed by atoms with Gasteiger partial charge >= 0.3 is 0 Å². The molecule has 0 aliphatic rings. The zero-order valence-corrected chi connectivity index (χ0v) is 22.6. The van der Waals surface area contributed by atoms with Crippen molar-refractivity contribution in [2.75, 3.05) is 23.9 Å². The van der Waals surface area contributed by atoms with E-state index in [1.165, 1.54) is 17.0 Å². The van der Waals surface area contributed by atoms with Crippen molar-refractivity contribution in [2.24, 2.45) is 0 Å². The van der Waals surface area contributed by atoms with Crippen LogP contribution in [0.1, 0.15) is 25.8 Å². The molecule has 37 heavy (non-hydrogen) atoms. The quantitative estimate of drug-likeness (QED) is 0.365. The van der Waals surface area contributed by atoms with E-state index in [4.69, 9.17) is 11.6 Å². The van der Waals surface area contributed by atoms with Crippen LogP contribution in [0.15, 0.2) is 89.8 Å². The summed E-state index contributed by atoms with van der Waals surface area (Å²) in [5.74, 6) is -0.767. The van der Waals surface area contributed by atoms with Crippen molar-refractivity contribution in [3.63, 3.8) is 0 Å². The van der Waals surface area contributed by atoms with Gasteiger partial charge in [0.1, 0.15) is 12.6 Å². The Kier molecular flexibility index (Phi) is 10.1. The Morgan fingerprint density at radius 1 is 0.919 bits per heavy atom. The van der Waals surface area contributed by atoms with Crippen LogP contribution in [-0.2, 0) is 26.0 Å². The van der Waals surface area contributed by atoms with E-state index in [1.807, 2.05) is 37.3 Å². The van der Waals surface area contributed by atoms with Crippen LogP contribution in [0, 0.1) is 0 Å². The highest BCUT2D eigenvalue weighted by atomic mass is 35.5. The largest absolute Gasteiger partial charge is 0.354 e. The van der Waals surface area contributed by atoms with Crippen LogP contribution < -0.4 is 9.62 Å². The summed E-state index contributed by atoms with van der Waals surface area (Å²) < 4.78 is 28.3. The van der Waals surface area contributed by atoms with Gasteiger partial charge in [-0.05, 0) is 61.7 Å². The summed E-state index contributed by atoms with van der Waals surface area (Å²) in [5.41, 5.74) is 1.31. The number of sulfonamides is 1. The number of halogens is 1. The second-order valence-electron chi connectivity index (χ2n) is 8.59. The Morgan fingerprint density at radius 3 is 2.11 bits per heavy atom. The first-order valence-electron chi connectivity index (χ1n) is 12.2. The van der Waals surface area contributed by atoms with Crippen molar-refractivity contribution >= 4 is 39.1 Å². The van der Waals surface area contributed by atoms with Gasteiger partial charge in [-0.1, -0.05) is 67.1 Å². The molecule has 0 bridgehead atoms. The van der Waals surface area contributed by atoms with Gasteiger partial charge in [0.05, 0.1) is 10.6 Å². The molecule has 7 nitrogen and oxygen atoms in total. The molecule has 0 spiro atoms. The summed E-state index contributed by atoms with van der Waals surface area (Å²) in [4.78, 5) is 28.0. The zero-order chi connectivity index (χ0) is 26.8. The highest BCUT2D eigenvalue weighted by molar-refractivity contribution is 7.92. The third-order valence-electron chi connectivity index (χ3n) is 5.93. The fourth-order valence-corrected chi connectivity index (χ4v) is 5.38. The first kappa shape index (κ1) is 28.2. The minimum absolute atomic E-state index is 0.0577. The third-order valence-corrected chi connectivity index (χ3v) is 7.97. The van der Waals surface area contributed by atoms with Gasteiger partial charge in [0.15, 0.2) is 0 Å². The average Bonchev–Trinajstić information content (AvgIpc) is 2.92. The van der Waals surface area contributed by atoms with Gasteiger partial charge in [0.25, 0.3) is 10.0 Å². The maximum Gasteiger partial charge on any atom is 0.264 e. The lowest BCUT2D eigenvalue weighted by atomic mass is 10.1. The van der Waals surface area contributed by atoms with Gasteiger partial charge < -0.3 is 10.2 Å². The maximum atomic E-state index is 13.7. The topological polar surface area (TPSA) is 86.8 Å². The molecule has 0 radical (unpaired) electrons. The summed E-state index contributed by atoms with van der Waals surface area (Å²) in [7, 11) is -4.08. The molecule has 9 heteroatoms. The molecule has 2 amide bonds. The molecule has 196 valence electrons. The fourth-order valence-electron chi connectivity index (χ4n) is 3.82. The van der Waals surface area contributed by atoms with Crippen LogP contribution in [0.3, 0.4) is 0 Å². The summed E-state index contributed by atoms with van der Waals surface area (Å²) in [6, 6.07) is 23.0. The van der Waals surface area contributed by atoms with Crippen molar-refractivity contribution in [1.82, 2.24) is 10.2 Å². The first-order valence-corrected chi connectivity index (χ1v) is 14.0. The van der Waals surface area contributed by atoms with E-state index in [1.54, 1.807) is 49.4 Å². The molecule has 0 aliphatic carbocycles. The lowest BCUT2D eigenvalue weighted by Crippen LogP contribution is -2.52. The molecule has 0 fully saturated rings. The van der Waals surface area contributed by atoms with Crippen molar-refractivity contribution < 1.29 is 18.0 Å². The Morgan fingerprint density at radius 2 is 1.51 bits per heavy atom. The van der Waals surface area contributed by atoms with E-state index < -0.39 is 28.5 Å². The molecular formula is C28H32ClN3O4S. The monoisotopic (exact) mass is 541 g/mol. The molecule has 3 aromatic rings. The van der Waals surface area contributed by atoms with E-state index in [-0.39, 0.29) is 17.3 Å². The molecule has 1 atom stereocenters. The average molecular weight is 542 g/mol. The summed E-state index contributed by atoms with van der Waals surface area (Å²) in [6.07, 6.45) is 1.28. The second kappa shape index (κ2) is 13.3. The van der Waals surface area contributed by atoms with Crippen LogP contribution in [0.25, 0.3) is 0 Å². The summed E-state index contributed by atoms with van der Waals surface area (Å²) in [6.45, 7) is 3.87. The fraction of sp³-hybridized carbons (Fsp3) is 0.286. The molecule has 1 unspecified atom stereocenters. The standard InChI is InChI=1S/C28H32ClN3O4S/c1-3-19-30-28(34)22(2)31(20-18-23-10-6-4-7-11-23)27(33)21-32(25-16-14-24(29)15-17-25)37(35,36)26-12-8-5-9-13-26/h4-17,22H,3,18-21H2,1-2H3,(H,30,34). The minimum atomic E-state index is -4.08. The van der Waals surface area contributed by atoms with Gasteiger partial charge in [0.2, 0.25) is 11.8 Å². The van der Waals surface area contributed by atoms with Crippen LogP contribution in [0.5, 0.6) is 0 Å². The SMILES string of the molecule is CCCNC(=O)C(C)N(CCc1ccccc1)C(=O)CN(c1ccc(Cl)cc1)S(=O)(=O)c1ccccc1. The number of amides is 2. The van der Waals surface area contributed by atoms with Gasteiger partial charge in [-0.3, -0.25) is 13.9 Å². The van der Waals surface area contributed by atoms with Crippen molar-refractivity contribution in [1.29, 1.82) is 0 Å². The first-order chi connectivity index (χ1) is 17.7. The molecule has 0 saturated carbocycles. The molecule has 3 rings (SSSR count). The number of benzene rings is 3. The van der Waals surface area contributed by atoms with Crippen molar-refractivity contribution in [2.45, 2.75) is 37.6 Å². The Balaban J connectivity index is 1.94. The van der Waals surface area contributed by atoms with Crippen molar-refractivity contribution in [3.05, 3.63) is 95.5 Å². The van der Waals surface area contributed by atoms with E-state index in [0.717, 1.165) is 16.3 Å². The molecule has 0 aromatic heterocycles. The molecule has 0 aliphatic heterocycles. The lowest BCUT2D eigenvalue weighted by molar-refractivity contribution is -0.138. The van der Waals surface area contributed by atoms with Crippen LogP contribution in [0.4, 0.5) is 5.69 Å². The number of hydrogen-bond donors (Lipinski definition) is 1. The van der Waals surface area contributed by atoms with E-state index in [2.05, 4.69) is 5.32 Å².